The van der Waals surface area contributed by atoms with Crippen LogP contribution in [0.15, 0.2) is 53.3 Å². The number of aryl methyl sites for hydroxylation is 1. The lowest BCUT2D eigenvalue weighted by molar-refractivity contribution is 0.0600. The number of aromatic nitrogens is 2. The summed E-state index contributed by atoms with van der Waals surface area (Å²) in [7, 11) is 1.33. The van der Waals surface area contributed by atoms with Gasteiger partial charge in [0.1, 0.15) is 18.1 Å². The fourth-order valence-corrected chi connectivity index (χ4v) is 2.63. The van der Waals surface area contributed by atoms with Crippen molar-refractivity contribution in [2.45, 2.75) is 13.5 Å². The van der Waals surface area contributed by atoms with Crippen LogP contribution < -0.4 is 10.3 Å². The molecule has 1 heterocycles. The minimum atomic E-state index is -0.419. The third-order valence-corrected chi connectivity index (χ3v) is 3.85. The van der Waals surface area contributed by atoms with Crippen molar-refractivity contribution in [3.8, 4) is 5.75 Å². The number of esters is 1. The van der Waals surface area contributed by atoms with Gasteiger partial charge in [0.2, 0.25) is 0 Å². The van der Waals surface area contributed by atoms with Crippen molar-refractivity contribution in [1.29, 1.82) is 0 Å². The monoisotopic (exact) mass is 338 g/mol. The second-order valence-electron chi connectivity index (χ2n) is 5.51. The van der Waals surface area contributed by atoms with Crippen LogP contribution in [0.1, 0.15) is 16.1 Å². The van der Waals surface area contributed by atoms with Crippen LogP contribution in [-0.2, 0) is 11.3 Å². The zero-order valence-electron chi connectivity index (χ0n) is 14.1. The van der Waals surface area contributed by atoms with Gasteiger partial charge in [-0.3, -0.25) is 4.79 Å². The molecule has 0 N–H and O–H groups in total. The quantitative estimate of drug-likeness (QED) is 0.669. The number of methoxy groups -OCH3 is 1. The van der Waals surface area contributed by atoms with E-state index in [0.717, 1.165) is 11.0 Å². The molecule has 128 valence electrons. The molecule has 6 heteroatoms. The van der Waals surface area contributed by atoms with Gasteiger partial charge in [0.05, 0.1) is 30.3 Å². The first-order valence-electron chi connectivity index (χ1n) is 7.87. The number of rotatable bonds is 5. The van der Waals surface area contributed by atoms with Gasteiger partial charge in [-0.2, -0.15) is 0 Å². The molecular formula is C19H18N2O4. The lowest BCUT2D eigenvalue weighted by atomic mass is 10.2. The molecule has 0 saturated heterocycles. The Labute approximate surface area is 144 Å². The van der Waals surface area contributed by atoms with Crippen LogP contribution >= 0.6 is 0 Å². The summed E-state index contributed by atoms with van der Waals surface area (Å²) in [6.45, 7) is 2.37. The van der Waals surface area contributed by atoms with Crippen molar-refractivity contribution in [1.82, 2.24) is 9.55 Å². The highest BCUT2D eigenvalue weighted by Gasteiger charge is 2.09. The number of carbonyl (C=O) groups excluding carboxylic acids is 1. The summed E-state index contributed by atoms with van der Waals surface area (Å²) >= 11 is 0. The Morgan fingerprint density at radius 1 is 1.16 bits per heavy atom. The molecule has 0 amide bonds. The van der Waals surface area contributed by atoms with E-state index in [-0.39, 0.29) is 12.2 Å². The van der Waals surface area contributed by atoms with Gasteiger partial charge in [-0.15, -0.1) is 0 Å². The molecule has 0 spiro atoms. The van der Waals surface area contributed by atoms with Crippen molar-refractivity contribution in [3.05, 3.63) is 70.1 Å². The fraction of sp³-hybridized carbons (Fsp3) is 0.211. The first-order valence-corrected chi connectivity index (χ1v) is 7.87. The molecule has 6 nitrogen and oxygen atoms in total. The molecular weight excluding hydrogens is 320 g/mol. The van der Waals surface area contributed by atoms with Gasteiger partial charge in [-0.25, -0.2) is 9.78 Å². The summed E-state index contributed by atoms with van der Waals surface area (Å²) in [5.41, 5.74) is 2.27. The van der Waals surface area contributed by atoms with Crippen molar-refractivity contribution >= 4 is 17.0 Å². The SMILES string of the molecule is COC(=O)c1cccc(OCCn2c(=O)c(C)nc3ccccc32)c1. The third-order valence-electron chi connectivity index (χ3n) is 3.85. The molecule has 0 saturated carbocycles. The number of fused-ring (bicyclic) bond motifs is 1. The van der Waals surface area contributed by atoms with Gasteiger partial charge in [-0.05, 0) is 37.3 Å². The van der Waals surface area contributed by atoms with Crippen molar-refractivity contribution < 1.29 is 14.3 Å². The van der Waals surface area contributed by atoms with Crippen LogP contribution in [0.2, 0.25) is 0 Å². The Hall–Kier alpha value is -3.15. The second kappa shape index (κ2) is 7.17. The lowest BCUT2D eigenvalue weighted by Crippen LogP contribution is -2.26. The number of hydrogen-bond donors (Lipinski definition) is 0. The van der Waals surface area contributed by atoms with Gasteiger partial charge in [0.15, 0.2) is 0 Å². The average Bonchev–Trinajstić information content (AvgIpc) is 2.64. The summed E-state index contributed by atoms with van der Waals surface area (Å²) in [5, 5.41) is 0. The predicted molar refractivity (Wildman–Crippen MR) is 94.0 cm³/mol. The molecule has 0 aliphatic carbocycles. The van der Waals surface area contributed by atoms with Crippen LogP contribution in [0.4, 0.5) is 0 Å². The molecule has 0 aliphatic rings. The Morgan fingerprint density at radius 3 is 2.76 bits per heavy atom. The van der Waals surface area contributed by atoms with E-state index in [1.54, 1.807) is 35.8 Å². The summed E-state index contributed by atoms with van der Waals surface area (Å²) in [6, 6.07) is 14.2. The van der Waals surface area contributed by atoms with Crippen LogP contribution in [0.5, 0.6) is 5.75 Å². The van der Waals surface area contributed by atoms with E-state index < -0.39 is 5.97 Å². The average molecular weight is 338 g/mol. The summed E-state index contributed by atoms with van der Waals surface area (Å²) < 4.78 is 12.1. The van der Waals surface area contributed by atoms with E-state index >= 15 is 0 Å². The van der Waals surface area contributed by atoms with E-state index in [2.05, 4.69) is 4.98 Å². The smallest absolute Gasteiger partial charge is 0.337 e. The molecule has 0 unspecified atom stereocenters. The maximum absolute atomic E-state index is 12.4. The van der Waals surface area contributed by atoms with Crippen molar-refractivity contribution in [2.24, 2.45) is 0 Å². The van der Waals surface area contributed by atoms with Crippen LogP contribution in [0.3, 0.4) is 0 Å². The Kier molecular flexibility index (Phi) is 4.79. The van der Waals surface area contributed by atoms with Crippen molar-refractivity contribution in [3.63, 3.8) is 0 Å². The molecule has 0 radical (unpaired) electrons. The van der Waals surface area contributed by atoms with E-state index in [9.17, 15) is 9.59 Å². The highest BCUT2D eigenvalue weighted by Crippen LogP contribution is 2.15. The highest BCUT2D eigenvalue weighted by atomic mass is 16.5. The van der Waals surface area contributed by atoms with E-state index in [1.807, 2.05) is 24.3 Å². The normalized spacial score (nSPS) is 10.6. The fourth-order valence-electron chi connectivity index (χ4n) is 2.63. The zero-order valence-corrected chi connectivity index (χ0v) is 14.1. The van der Waals surface area contributed by atoms with E-state index in [0.29, 0.717) is 23.6 Å². The highest BCUT2D eigenvalue weighted by molar-refractivity contribution is 5.89. The van der Waals surface area contributed by atoms with Gasteiger partial charge in [-0.1, -0.05) is 18.2 Å². The standard InChI is InChI=1S/C19H18N2O4/c1-13-18(22)21(17-9-4-3-8-16(17)20-13)10-11-25-15-7-5-6-14(12-15)19(23)24-2/h3-9,12H,10-11H2,1-2H3. The van der Waals surface area contributed by atoms with Gasteiger partial charge >= 0.3 is 5.97 Å². The maximum atomic E-state index is 12.4. The molecule has 0 bridgehead atoms. The third kappa shape index (κ3) is 3.52. The first kappa shape index (κ1) is 16.7. The van der Waals surface area contributed by atoms with Gasteiger partial charge in [0.25, 0.3) is 5.56 Å². The number of hydrogen-bond acceptors (Lipinski definition) is 5. The molecule has 3 aromatic rings. The minimum absolute atomic E-state index is 0.134. The van der Waals surface area contributed by atoms with Crippen LogP contribution in [0, 0.1) is 6.92 Å². The number of nitrogens with zero attached hydrogens (tertiary/aromatic N) is 2. The topological polar surface area (TPSA) is 70.4 Å². The number of ether oxygens (including phenoxy) is 2. The number of carbonyl (C=O) groups is 1. The molecule has 1 aromatic heterocycles. The first-order chi connectivity index (χ1) is 12.1. The number of benzene rings is 2. The van der Waals surface area contributed by atoms with E-state index in [1.165, 1.54) is 7.11 Å². The summed E-state index contributed by atoms with van der Waals surface area (Å²) in [6.07, 6.45) is 0. The summed E-state index contributed by atoms with van der Waals surface area (Å²) in [5.74, 6) is 0.128. The Balaban J connectivity index is 1.79. The predicted octanol–water partition coefficient (Wildman–Crippen LogP) is 2.57. The van der Waals surface area contributed by atoms with Crippen molar-refractivity contribution in [2.75, 3.05) is 13.7 Å². The molecule has 0 atom stereocenters. The molecule has 3 rings (SSSR count). The molecule has 0 fully saturated rings. The molecule has 0 aliphatic heterocycles. The lowest BCUT2D eigenvalue weighted by Gasteiger charge is -2.12. The Morgan fingerprint density at radius 2 is 1.96 bits per heavy atom. The van der Waals surface area contributed by atoms with Gasteiger partial charge < -0.3 is 14.0 Å². The largest absolute Gasteiger partial charge is 0.492 e. The van der Waals surface area contributed by atoms with Crippen LogP contribution in [-0.4, -0.2) is 29.2 Å². The second-order valence-corrected chi connectivity index (χ2v) is 5.51. The maximum Gasteiger partial charge on any atom is 0.337 e. The minimum Gasteiger partial charge on any atom is -0.492 e. The number of para-hydroxylation sites is 2. The zero-order chi connectivity index (χ0) is 17.8. The summed E-state index contributed by atoms with van der Waals surface area (Å²) in [4.78, 5) is 28.3. The molecule has 2 aromatic carbocycles. The Bertz CT molecular complexity index is 979. The van der Waals surface area contributed by atoms with E-state index in [4.69, 9.17) is 9.47 Å². The van der Waals surface area contributed by atoms with Crippen LogP contribution in [0.25, 0.3) is 11.0 Å². The molecule has 25 heavy (non-hydrogen) atoms. The van der Waals surface area contributed by atoms with Gasteiger partial charge in [0, 0.05) is 0 Å².